The molecule has 3 rings (SSSR count). The van der Waals surface area contributed by atoms with Crippen LogP contribution < -0.4 is 4.74 Å². The largest absolute Gasteiger partial charge is 0.494 e. The van der Waals surface area contributed by atoms with Gasteiger partial charge < -0.3 is 4.74 Å². The topological polar surface area (TPSA) is 9.23 Å². The van der Waals surface area contributed by atoms with E-state index in [9.17, 15) is 0 Å². The Kier molecular flexibility index (Phi) is 6.06. The number of rotatable bonds is 7. The van der Waals surface area contributed by atoms with Crippen LogP contribution >= 0.6 is 0 Å². The van der Waals surface area contributed by atoms with Crippen LogP contribution in [0.1, 0.15) is 36.5 Å². The van der Waals surface area contributed by atoms with Crippen molar-refractivity contribution in [2.75, 3.05) is 6.61 Å². The lowest BCUT2D eigenvalue weighted by atomic mass is 9.95. The third kappa shape index (κ3) is 4.84. The van der Waals surface area contributed by atoms with Gasteiger partial charge in [0.1, 0.15) is 5.75 Å². The van der Waals surface area contributed by atoms with E-state index in [1.165, 1.54) is 22.3 Å². The minimum atomic E-state index is 0.779. The molecule has 0 heterocycles. The lowest BCUT2D eigenvalue weighted by Crippen LogP contribution is -1.96. The van der Waals surface area contributed by atoms with E-state index in [0.29, 0.717) is 0 Å². The molecule has 0 fully saturated rings. The summed E-state index contributed by atoms with van der Waals surface area (Å²) < 4.78 is 5.79. The number of benzene rings is 3. The molecule has 25 heavy (non-hydrogen) atoms. The summed E-state index contributed by atoms with van der Waals surface area (Å²) in [6.45, 7) is 2.95. The molecule has 0 bridgehead atoms. The van der Waals surface area contributed by atoms with Gasteiger partial charge in [-0.2, -0.15) is 0 Å². The summed E-state index contributed by atoms with van der Waals surface area (Å²) in [7, 11) is 0. The second kappa shape index (κ2) is 8.89. The van der Waals surface area contributed by atoms with E-state index in [4.69, 9.17) is 4.74 Å². The summed E-state index contributed by atoms with van der Waals surface area (Å²) >= 11 is 0. The van der Waals surface area contributed by atoms with E-state index in [-0.39, 0.29) is 0 Å². The van der Waals surface area contributed by atoms with Crippen LogP contribution in [0.15, 0.2) is 84.9 Å². The van der Waals surface area contributed by atoms with E-state index < -0.39 is 0 Å². The normalized spacial score (nSPS) is 11.3. The van der Waals surface area contributed by atoms with Crippen molar-refractivity contribution in [3.8, 4) is 5.75 Å². The fraction of sp³-hybridized carbons (Fsp3) is 0.167. The standard InChI is InChI=1S/C24H24O/c1-2-3-18-25-23-16-14-22(15-17-23)24(21-12-8-5-9-13-21)19-20-10-6-4-7-11-20/h4-17,19H,2-3,18H2,1H3. The van der Waals surface area contributed by atoms with Gasteiger partial charge in [-0.3, -0.25) is 0 Å². The van der Waals surface area contributed by atoms with Crippen molar-refractivity contribution in [3.63, 3.8) is 0 Å². The third-order valence-electron chi connectivity index (χ3n) is 4.13. The summed E-state index contributed by atoms with van der Waals surface area (Å²) in [5.74, 6) is 0.935. The smallest absolute Gasteiger partial charge is 0.119 e. The average molecular weight is 328 g/mol. The molecule has 0 N–H and O–H groups in total. The van der Waals surface area contributed by atoms with Gasteiger partial charge in [0.05, 0.1) is 6.61 Å². The van der Waals surface area contributed by atoms with Crippen molar-refractivity contribution in [1.29, 1.82) is 0 Å². The Bertz CT molecular complexity index is 787. The lowest BCUT2D eigenvalue weighted by Gasteiger charge is -2.11. The van der Waals surface area contributed by atoms with Crippen LogP contribution in [0.4, 0.5) is 0 Å². The molecular weight excluding hydrogens is 304 g/mol. The van der Waals surface area contributed by atoms with Crippen LogP contribution in [0.3, 0.4) is 0 Å². The van der Waals surface area contributed by atoms with Crippen LogP contribution in [0.5, 0.6) is 5.75 Å². The molecule has 0 saturated heterocycles. The van der Waals surface area contributed by atoms with E-state index in [2.05, 4.69) is 85.8 Å². The quantitative estimate of drug-likeness (QED) is 0.357. The molecule has 0 spiro atoms. The average Bonchev–Trinajstić information content (AvgIpc) is 2.68. The number of hydrogen-bond donors (Lipinski definition) is 0. The summed E-state index contributed by atoms with van der Waals surface area (Å²) in [5, 5.41) is 0. The zero-order chi connectivity index (χ0) is 17.3. The molecule has 0 aliphatic rings. The number of hydrogen-bond acceptors (Lipinski definition) is 1. The van der Waals surface area contributed by atoms with Gasteiger partial charge in [0.15, 0.2) is 0 Å². The summed E-state index contributed by atoms with van der Waals surface area (Å²) in [4.78, 5) is 0. The van der Waals surface area contributed by atoms with Gasteiger partial charge in [-0.25, -0.2) is 0 Å². The van der Waals surface area contributed by atoms with E-state index >= 15 is 0 Å². The molecule has 0 unspecified atom stereocenters. The van der Waals surface area contributed by atoms with Crippen molar-refractivity contribution >= 4 is 11.6 Å². The molecule has 0 aromatic heterocycles. The molecule has 126 valence electrons. The van der Waals surface area contributed by atoms with E-state index in [1.54, 1.807) is 0 Å². The highest BCUT2D eigenvalue weighted by atomic mass is 16.5. The van der Waals surface area contributed by atoms with Crippen LogP contribution in [0, 0.1) is 0 Å². The van der Waals surface area contributed by atoms with Crippen LogP contribution in [-0.4, -0.2) is 6.61 Å². The summed E-state index contributed by atoms with van der Waals surface area (Å²) in [6, 6.07) is 29.4. The van der Waals surface area contributed by atoms with Crippen molar-refractivity contribution in [3.05, 3.63) is 102 Å². The second-order valence-electron chi connectivity index (χ2n) is 6.06. The predicted molar refractivity (Wildman–Crippen MR) is 107 cm³/mol. The molecule has 0 saturated carbocycles. The van der Waals surface area contributed by atoms with Crippen molar-refractivity contribution < 1.29 is 4.74 Å². The Morgan fingerprint density at radius 2 is 1.36 bits per heavy atom. The van der Waals surface area contributed by atoms with Crippen molar-refractivity contribution in [2.45, 2.75) is 19.8 Å². The van der Waals surface area contributed by atoms with Gasteiger partial charge in [0, 0.05) is 0 Å². The molecule has 0 aliphatic carbocycles. The highest BCUT2D eigenvalue weighted by molar-refractivity contribution is 5.91. The van der Waals surface area contributed by atoms with Crippen LogP contribution in [0.2, 0.25) is 0 Å². The van der Waals surface area contributed by atoms with Gasteiger partial charge in [0.25, 0.3) is 0 Å². The first-order valence-corrected chi connectivity index (χ1v) is 8.92. The maximum atomic E-state index is 5.79. The molecular formula is C24H24O. The zero-order valence-corrected chi connectivity index (χ0v) is 14.7. The molecule has 0 aliphatic heterocycles. The molecule has 0 amide bonds. The molecule has 3 aromatic carbocycles. The third-order valence-corrected chi connectivity index (χ3v) is 4.13. The fourth-order valence-corrected chi connectivity index (χ4v) is 2.73. The minimum absolute atomic E-state index is 0.779. The van der Waals surface area contributed by atoms with Gasteiger partial charge >= 0.3 is 0 Å². The Morgan fingerprint density at radius 1 is 0.760 bits per heavy atom. The van der Waals surface area contributed by atoms with Crippen molar-refractivity contribution in [2.24, 2.45) is 0 Å². The first-order chi connectivity index (χ1) is 12.4. The molecule has 1 nitrogen and oxygen atoms in total. The summed E-state index contributed by atoms with van der Waals surface area (Å²) in [6.07, 6.45) is 4.48. The highest BCUT2D eigenvalue weighted by Gasteiger charge is 2.06. The maximum absolute atomic E-state index is 5.79. The Balaban J connectivity index is 1.91. The molecule has 1 heteroatoms. The first kappa shape index (κ1) is 17.0. The molecule has 3 aromatic rings. The van der Waals surface area contributed by atoms with Gasteiger partial charge in [-0.15, -0.1) is 0 Å². The Labute approximate surface area is 150 Å². The maximum Gasteiger partial charge on any atom is 0.119 e. The molecule has 0 radical (unpaired) electrons. The van der Waals surface area contributed by atoms with Gasteiger partial charge in [0.2, 0.25) is 0 Å². The fourth-order valence-electron chi connectivity index (χ4n) is 2.73. The first-order valence-electron chi connectivity index (χ1n) is 8.92. The van der Waals surface area contributed by atoms with E-state index in [1.807, 2.05) is 12.1 Å². The molecule has 0 atom stereocenters. The SMILES string of the molecule is CCCCOc1ccc(C(=Cc2ccccc2)c2ccccc2)cc1. The van der Waals surface area contributed by atoms with E-state index in [0.717, 1.165) is 25.2 Å². The second-order valence-corrected chi connectivity index (χ2v) is 6.06. The minimum Gasteiger partial charge on any atom is -0.494 e. The monoisotopic (exact) mass is 328 g/mol. The Morgan fingerprint density at radius 3 is 2.00 bits per heavy atom. The van der Waals surface area contributed by atoms with Crippen LogP contribution in [0.25, 0.3) is 11.6 Å². The van der Waals surface area contributed by atoms with Gasteiger partial charge in [-0.05, 0) is 46.9 Å². The zero-order valence-electron chi connectivity index (χ0n) is 14.7. The Hall–Kier alpha value is -2.80. The summed E-state index contributed by atoms with van der Waals surface area (Å²) in [5.41, 5.74) is 4.82. The lowest BCUT2D eigenvalue weighted by molar-refractivity contribution is 0.309. The number of unbranched alkanes of at least 4 members (excludes halogenated alkanes) is 1. The predicted octanol–water partition coefficient (Wildman–Crippen LogP) is 6.45. The van der Waals surface area contributed by atoms with Gasteiger partial charge in [-0.1, -0.05) is 86.1 Å². The van der Waals surface area contributed by atoms with Crippen molar-refractivity contribution in [1.82, 2.24) is 0 Å². The number of ether oxygens (including phenoxy) is 1. The van der Waals surface area contributed by atoms with Crippen LogP contribution in [-0.2, 0) is 0 Å². The highest BCUT2D eigenvalue weighted by Crippen LogP contribution is 2.27.